The van der Waals surface area contributed by atoms with Crippen LogP contribution in [0.1, 0.15) is 0 Å². The van der Waals surface area contributed by atoms with E-state index in [4.69, 9.17) is 28.1 Å². The first kappa shape index (κ1) is 30.8. The van der Waals surface area contributed by atoms with Gasteiger partial charge in [-0.25, -0.2) is 4.58 Å². The lowest BCUT2D eigenvalue weighted by Crippen LogP contribution is -2.31. The zero-order chi connectivity index (χ0) is 30.2. The molecule has 0 atom stereocenters. The van der Waals surface area contributed by atoms with E-state index in [1.165, 1.54) is 0 Å². The second-order valence-corrected chi connectivity index (χ2v) is 11.0. The lowest BCUT2D eigenvalue weighted by atomic mass is 9.93. The van der Waals surface area contributed by atoms with Crippen LogP contribution in [0.4, 0.5) is 11.4 Å². The molecule has 2 aromatic carbocycles. The molecule has 0 radical (unpaired) electrons. The topological polar surface area (TPSA) is 68.8 Å². The molecular weight excluding hydrogens is 546 g/mol. The van der Waals surface area contributed by atoms with E-state index in [9.17, 15) is 0 Å². The quantitative estimate of drug-likeness (QED) is 0.253. The smallest absolute Gasteiger partial charge is 0.203 e. The molecule has 2 aromatic rings. The zero-order valence-corrected chi connectivity index (χ0v) is 26.1. The highest BCUT2D eigenvalue weighted by atomic mass is 16.6. The first-order valence-corrected chi connectivity index (χ1v) is 14.9. The molecule has 0 aromatic heterocycles. The fraction of sp³-hybridized carbons (Fsp3) is 0.441. The Hall–Kier alpha value is -3.63. The molecule has 9 nitrogen and oxygen atoms in total. The molecule has 0 N–H and O–H groups in total. The van der Waals surface area contributed by atoms with Crippen LogP contribution >= 0.6 is 0 Å². The SMILES string of the molecule is COCCN1CCOCCOCCOCCOc2cc(-c3c4ccc(=[N+](C)C)cc-4oc4cc(N(C)C)ccc34)ccc21. The van der Waals surface area contributed by atoms with Crippen LogP contribution in [0.3, 0.4) is 0 Å². The van der Waals surface area contributed by atoms with Gasteiger partial charge in [0, 0.05) is 68.6 Å². The molecule has 0 bridgehead atoms. The van der Waals surface area contributed by atoms with Gasteiger partial charge in [0.1, 0.15) is 37.8 Å². The van der Waals surface area contributed by atoms with Crippen molar-refractivity contribution in [2.75, 3.05) is 111 Å². The molecule has 0 spiro atoms. The van der Waals surface area contributed by atoms with Gasteiger partial charge < -0.3 is 37.9 Å². The number of anilines is 2. The Morgan fingerprint density at radius 2 is 1.58 bits per heavy atom. The van der Waals surface area contributed by atoms with Crippen molar-refractivity contribution in [2.24, 2.45) is 0 Å². The molecule has 0 saturated heterocycles. The average molecular weight is 591 g/mol. The number of fused-ring (bicyclic) bond motifs is 3. The third-order valence-electron chi connectivity index (χ3n) is 7.61. The first-order chi connectivity index (χ1) is 21.0. The second kappa shape index (κ2) is 14.7. The number of benzene rings is 3. The molecule has 2 aliphatic heterocycles. The highest BCUT2D eigenvalue weighted by Gasteiger charge is 2.21. The van der Waals surface area contributed by atoms with E-state index < -0.39 is 0 Å². The van der Waals surface area contributed by atoms with E-state index in [0.29, 0.717) is 65.9 Å². The number of methoxy groups -OCH3 is 1. The fourth-order valence-corrected chi connectivity index (χ4v) is 5.26. The van der Waals surface area contributed by atoms with Crippen molar-refractivity contribution in [1.82, 2.24) is 4.58 Å². The van der Waals surface area contributed by atoms with Crippen LogP contribution in [0.15, 0.2) is 59.0 Å². The number of hydrogen-bond donors (Lipinski definition) is 0. The van der Waals surface area contributed by atoms with Crippen molar-refractivity contribution >= 4 is 22.3 Å². The summed E-state index contributed by atoms with van der Waals surface area (Å²) in [7, 11) is 9.88. The first-order valence-electron chi connectivity index (χ1n) is 14.9. The maximum Gasteiger partial charge on any atom is 0.203 e. The molecule has 0 saturated carbocycles. The van der Waals surface area contributed by atoms with Crippen LogP contribution in [-0.2, 0) is 18.9 Å². The van der Waals surface area contributed by atoms with Gasteiger partial charge in [-0.1, -0.05) is 6.07 Å². The van der Waals surface area contributed by atoms with Gasteiger partial charge >= 0.3 is 0 Å². The lowest BCUT2D eigenvalue weighted by molar-refractivity contribution is 0.0110. The minimum Gasteiger partial charge on any atom is -0.489 e. The molecule has 5 rings (SSSR count). The standard InChI is InChI=1S/C34H44N3O6/c1-35(2)26-7-9-28-31(23-26)43-32-24-27(36(3)4)8-10-29(32)34(28)25-6-11-30-33(22-25)42-21-20-41-19-18-40-17-16-39-15-13-37(30)12-14-38-5/h6-11,22-24H,12-21H2,1-5H3/q+1. The molecule has 230 valence electrons. The summed E-state index contributed by atoms with van der Waals surface area (Å²) in [4.78, 5) is 4.34. The van der Waals surface area contributed by atoms with Gasteiger partial charge in [0.15, 0.2) is 0 Å². The summed E-state index contributed by atoms with van der Waals surface area (Å²) in [5.74, 6) is 1.62. The van der Waals surface area contributed by atoms with Crippen LogP contribution in [0, 0.1) is 0 Å². The monoisotopic (exact) mass is 590 g/mol. The molecule has 9 heteroatoms. The van der Waals surface area contributed by atoms with Gasteiger partial charge in [-0.2, -0.15) is 0 Å². The molecular formula is C34H44N3O6+. The van der Waals surface area contributed by atoms with E-state index in [-0.39, 0.29) is 0 Å². The minimum atomic E-state index is 0.426. The zero-order valence-electron chi connectivity index (χ0n) is 26.1. The Labute approximate surface area is 254 Å². The Bertz CT molecular complexity index is 1550. The summed E-state index contributed by atoms with van der Waals surface area (Å²) >= 11 is 0. The highest BCUT2D eigenvalue weighted by molar-refractivity contribution is 6.03. The summed E-state index contributed by atoms with van der Waals surface area (Å²) in [6, 6.07) is 19.2. The third-order valence-corrected chi connectivity index (χ3v) is 7.61. The Kier molecular flexibility index (Phi) is 10.5. The van der Waals surface area contributed by atoms with Crippen LogP contribution in [0.5, 0.6) is 5.75 Å². The number of nitrogens with zero attached hydrogens (tertiary/aromatic N) is 3. The van der Waals surface area contributed by atoms with Gasteiger partial charge in [0.2, 0.25) is 5.36 Å². The van der Waals surface area contributed by atoms with Crippen LogP contribution < -0.4 is 24.5 Å². The number of hydrogen-bond acceptors (Lipinski definition) is 8. The molecule has 1 aliphatic carbocycles. The minimum absolute atomic E-state index is 0.426. The number of ether oxygens (including phenoxy) is 5. The van der Waals surface area contributed by atoms with Gasteiger partial charge in [0.25, 0.3) is 0 Å². The fourth-order valence-electron chi connectivity index (χ4n) is 5.26. The normalized spacial score (nSPS) is 15.4. The summed E-state index contributed by atoms with van der Waals surface area (Å²) < 4.78 is 37.7. The van der Waals surface area contributed by atoms with E-state index in [2.05, 4.69) is 69.0 Å². The molecule has 43 heavy (non-hydrogen) atoms. The van der Waals surface area contributed by atoms with Gasteiger partial charge in [-0.3, -0.25) is 0 Å². The predicted octanol–water partition coefficient (Wildman–Crippen LogP) is 4.20. The Morgan fingerprint density at radius 1 is 0.837 bits per heavy atom. The van der Waals surface area contributed by atoms with Crippen molar-refractivity contribution in [3.05, 3.63) is 60.0 Å². The molecule has 3 aliphatic rings. The Balaban J connectivity index is 1.65. The van der Waals surface area contributed by atoms with Gasteiger partial charge in [-0.05, 0) is 35.9 Å². The van der Waals surface area contributed by atoms with Crippen molar-refractivity contribution in [1.29, 1.82) is 0 Å². The Morgan fingerprint density at radius 3 is 2.30 bits per heavy atom. The van der Waals surface area contributed by atoms with Crippen molar-refractivity contribution in [3.8, 4) is 28.2 Å². The average Bonchev–Trinajstić information content (AvgIpc) is 3.01. The highest BCUT2D eigenvalue weighted by Crippen LogP contribution is 2.43. The third kappa shape index (κ3) is 7.48. The van der Waals surface area contributed by atoms with E-state index >= 15 is 0 Å². The lowest BCUT2D eigenvalue weighted by Gasteiger charge is -2.27. The van der Waals surface area contributed by atoms with Crippen molar-refractivity contribution in [2.45, 2.75) is 0 Å². The van der Waals surface area contributed by atoms with Crippen LogP contribution in [0.2, 0.25) is 0 Å². The van der Waals surface area contributed by atoms with Gasteiger partial charge in [-0.15, -0.1) is 0 Å². The summed E-state index contributed by atoms with van der Waals surface area (Å²) in [5.41, 5.74) is 6.10. The molecule has 0 unspecified atom stereocenters. The molecule has 2 heterocycles. The largest absolute Gasteiger partial charge is 0.489 e. The van der Waals surface area contributed by atoms with E-state index in [1.54, 1.807) is 7.11 Å². The number of rotatable bonds is 5. The molecule has 0 amide bonds. The van der Waals surface area contributed by atoms with Crippen molar-refractivity contribution < 1.29 is 28.1 Å². The van der Waals surface area contributed by atoms with Crippen LogP contribution in [0.25, 0.3) is 33.4 Å². The maximum absolute atomic E-state index is 6.54. The predicted molar refractivity (Wildman–Crippen MR) is 172 cm³/mol. The molecule has 0 fully saturated rings. The van der Waals surface area contributed by atoms with Crippen molar-refractivity contribution in [3.63, 3.8) is 0 Å². The van der Waals surface area contributed by atoms with Gasteiger partial charge in [0.05, 0.1) is 58.0 Å². The van der Waals surface area contributed by atoms with Crippen LogP contribution in [-0.4, -0.2) is 101 Å². The summed E-state index contributed by atoms with van der Waals surface area (Å²) in [5, 5.41) is 2.12. The maximum atomic E-state index is 6.54. The summed E-state index contributed by atoms with van der Waals surface area (Å²) in [6.45, 7) is 5.62. The second-order valence-electron chi connectivity index (χ2n) is 11.0. The van der Waals surface area contributed by atoms with E-state index in [0.717, 1.165) is 55.9 Å². The summed E-state index contributed by atoms with van der Waals surface area (Å²) in [6.07, 6.45) is 0. The van der Waals surface area contributed by atoms with E-state index in [1.807, 2.05) is 28.2 Å².